The highest BCUT2D eigenvalue weighted by Gasteiger charge is 2.61. The summed E-state index contributed by atoms with van der Waals surface area (Å²) in [5.74, 6) is 2.41. The second kappa shape index (κ2) is 7.91. The lowest BCUT2D eigenvalue weighted by molar-refractivity contribution is -0.157. The van der Waals surface area contributed by atoms with Gasteiger partial charge in [0, 0.05) is 31.1 Å². The second-order valence-electron chi connectivity index (χ2n) is 10.1. The highest BCUT2D eigenvalue weighted by Crippen LogP contribution is 2.65. The molecule has 0 saturated heterocycles. The third-order valence-corrected chi connectivity index (χ3v) is 8.95. The molecule has 3 fully saturated rings. The molecule has 158 valence electrons. The van der Waals surface area contributed by atoms with Crippen LogP contribution in [-0.2, 0) is 19.1 Å². The van der Waals surface area contributed by atoms with E-state index in [0.717, 1.165) is 38.5 Å². The van der Waals surface area contributed by atoms with Gasteiger partial charge in [0.1, 0.15) is 17.7 Å². The Bertz CT molecular complexity index is 641. The molecule has 3 rings (SSSR count). The van der Waals surface area contributed by atoms with Crippen molar-refractivity contribution in [1.29, 1.82) is 0 Å². The molecule has 7 atom stereocenters. The normalized spacial score (nSPS) is 41.1. The maximum atomic E-state index is 13.1. The number of hydrogen-bond acceptors (Lipinski definition) is 4. The minimum absolute atomic E-state index is 0.0390. The quantitative estimate of drug-likeness (QED) is 0.590. The number of fused-ring (bicyclic) bond motifs is 3. The minimum atomic E-state index is -0.296. The van der Waals surface area contributed by atoms with E-state index >= 15 is 0 Å². The molecule has 0 aliphatic heterocycles. The SMILES string of the molecule is CC[C@@]1(CCC(C)=O)C(=O)CCC2C3CC[C@H](C(C)OC(C)=O)C3(C)CCC21. The molecule has 4 nitrogen and oxygen atoms in total. The molecule has 0 N–H and O–H groups in total. The zero-order valence-electron chi connectivity index (χ0n) is 18.4. The zero-order valence-corrected chi connectivity index (χ0v) is 18.4. The molecule has 0 radical (unpaired) electrons. The minimum Gasteiger partial charge on any atom is -0.463 e. The van der Waals surface area contributed by atoms with Crippen LogP contribution in [0.5, 0.6) is 0 Å². The summed E-state index contributed by atoms with van der Waals surface area (Å²) in [6.45, 7) is 9.75. The van der Waals surface area contributed by atoms with E-state index in [-0.39, 0.29) is 28.7 Å². The Kier molecular flexibility index (Phi) is 6.08. The van der Waals surface area contributed by atoms with Gasteiger partial charge in [-0.3, -0.25) is 9.59 Å². The first-order valence-electron chi connectivity index (χ1n) is 11.4. The van der Waals surface area contributed by atoms with Crippen LogP contribution in [0.3, 0.4) is 0 Å². The third-order valence-electron chi connectivity index (χ3n) is 8.95. The number of rotatable bonds is 6. The van der Waals surface area contributed by atoms with Crippen molar-refractivity contribution in [2.75, 3.05) is 0 Å². The average Bonchev–Trinajstić information content (AvgIpc) is 2.98. The average molecular weight is 391 g/mol. The molecule has 5 unspecified atom stereocenters. The van der Waals surface area contributed by atoms with Gasteiger partial charge < -0.3 is 9.53 Å². The number of ether oxygens (including phenoxy) is 1. The molecular weight excluding hydrogens is 352 g/mol. The Morgan fingerprint density at radius 3 is 2.46 bits per heavy atom. The third kappa shape index (κ3) is 3.45. The topological polar surface area (TPSA) is 60.4 Å². The van der Waals surface area contributed by atoms with Crippen LogP contribution in [0, 0.1) is 34.5 Å². The fraction of sp³-hybridized carbons (Fsp3) is 0.875. The molecule has 3 aliphatic rings. The van der Waals surface area contributed by atoms with Gasteiger partial charge in [-0.15, -0.1) is 0 Å². The van der Waals surface area contributed by atoms with E-state index in [1.165, 1.54) is 13.3 Å². The van der Waals surface area contributed by atoms with E-state index in [1.54, 1.807) is 6.92 Å². The summed E-state index contributed by atoms with van der Waals surface area (Å²) in [4.78, 5) is 36.3. The van der Waals surface area contributed by atoms with Crippen molar-refractivity contribution < 1.29 is 19.1 Å². The van der Waals surface area contributed by atoms with Gasteiger partial charge in [-0.1, -0.05) is 13.8 Å². The molecule has 28 heavy (non-hydrogen) atoms. The fourth-order valence-corrected chi connectivity index (χ4v) is 7.65. The maximum Gasteiger partial charge on any atom is 0.302 e. The predicted octanol–water partition coefficient (Wildman–Crippen LogP) is 5.13. The molecular formula is C24H38O4. The molecule has 0 amide bonds. The molecule has 4 heteroatoms. The molecule has 3 saturated carbocycles. The first kappa shape index (κ1) is 21.5. The van der Waals surface area contributed by atoms with Gasteiger partial charge in [-0.05, 0) is 82.0 Å². The van der Waals surface area contributed by atoms with Crippen LogP contribution in [-0.4, -0.2) is 23.6 Å². The van der Waals surface area contributed by atoms with E-state index < -0.39 is 0 Å². The Balaban J connectivity index is 1.86. The van der Waals surface area contributed by atoms with E-state index in [2.05, 4.69) is 20.8 Å². The van der Waals surface area contributed by atoms with Gasteiger partial charge >= 0.3 is 5.97 Å². The van der Waals surface area contributed by atoms with Gasteiger partial charge in [0.15, 0.2) is 0 Å². The van der Waals surface area contributed by atoms with Gasteiger partial charge in [0.05, 0.1) is 0 Å². The summed E-state index contributed by atoms with van der Waals surface area (Å²) in [6.07, 6.45) is 8.20. The summed E-state index contributed by atoms with van der Waals surface area (Å²) >= 11 is 0. The first-order valence-corrected chi connectivity index (χ1v) is 11.4. The van der Waals surface area contributed by atoms with Crippen molar-refractivity contribution in [3.63, 3.8) is 0 Å². The van der Waals surface area contributed by atoms with Gasteiger partial charge in [-0.2, -0.15) is 0 Å². The number of ketones is 2. The second-order valence-corrected chi connectivity index (χ2v) is 10.1. The van der Waals surface area contributed by atoms with Crippen molar-refractivity contribution in [3.8, 4) is 0 Å². The first-order chi connectivity index (χ1) is 13.2. The predicted molar refractivity (Wildman–Crippen MR) is 109 cm³/mol. The Labute approximate surface area is 170 Å². The monoisotopic (exact) mass is 390 g/mol. The highest BCUT2D eigenvalue weighted by atomic mass is 16.5. The summed E-state index contributed by atoms with van der Waals surface area (Å²) in [7, 11) is 0. The standard InChI is InChI=1S/C24H38O4/c1-6-24(14-11-15(2)25)21-12-13-23(5)19(16(3)28-17(4)26)8-9-20(23)18(21)7-10-22(24)27/h16,18-21H,6-14H2,1-5H3/t16?,18?,19-,20?,21?,23?,24+/m1/s1. The molecule has 0 aromatic rings. The van der Waals surface area contributed by atoms with E-state index in [9.17, 15) is 14.4 Å². The lowest BCUT2D eigenvalue weighted by Crippen LogP contribution is -2.54. The molecule has 0 aromatic heterocycles. The van der Waals surface area contributed by atoms with E-state index in [0.29, 0.717) is 42.3 Å². The largest absolute Gasteiger partial charge is 0.463 e. The summed E-state index contributed by atoms with van der Waals surface area (Å²) in [5.41, 5.74) is -0.105. The van der Waals surface area contributed by atoms with Crippen molar-refractivity contribution >= 4 is 17.5 Å². The van der Waals surface area contributed by atoms with Crippen LogP contribution in [0.1, 0.15) is 92.4 Å². The Morgan fingerprint density at radius 2 is 1.86 bits per heavy atom. The van der Waals surface area contributed by atoms with Gasteiger partial charge in [-0.25, -0.2) is 0 Å². The Hall–Kier alpha value is -1.19. The van der Waals surface area contributed by atoms with Crippen molar-refractivity contribution in [3.05, 3.63) is 0 Å². The summed E-state index contributed by atoms with van der Waals surface area (Å²) in [6, 6.07) is 0. The lowest BCUT2D eigenvalue weighted by Gasteiger charge is -2.57. The van der Waals surface area contributed by atoms with Crippen LogP contribution in [0.15, 0.2) is 0 Å². The van der Waals surface area contributed by atoms with E-state index in [4.69, 9.17) is 4.74 Å². The number of hydrogen-bond donors (Lipinski definition) is 0. The zero-order chi connectivity index (χ0) is 20.7. The van der Waals surface area contributed by atoms with Crippen LogP contribution in [0.4, 0.5) is 0 Å². The van der Waals surface area contributed by atoms with E-state index in [1.807, 2.05) is 0 Å². The summed E-state index contributed by atoms with van der Waals surface area (Å²) < 4.78 is 5.60. The number of carbonyl (C=O) groups excluding carboxylic acids is 3. The molecule has 0 heterocycles. The number of esters is 1. The maximum absolute atomic E-state index is 13.1. The molecule has 0 spiro atoms. The van der Waals surface area contributed by atoms with Crippen molar-refractivity contribution in [2.24, 2.45) is 34.5 Å². The molecule has 0 bridgehead atoms. The summed E-state index contributed by atoms with van der Waals surface area (Å²) in [5, 5.41) is 0. The molecule has 3 aliphatic carbocycles. The lowest BCUT2D eigenvalue weighted by atomic mass is 9.47. The van der Waals surface area contributed by atoms with Crippen LogP contribution >= 0.6 is 0 Å². The Morgan fingerprint density at radius 1 is 1.14 bits per heavy atom. The number of Topliss-reactive ketones (excluding diaryl/α,β-unsaturated/α-hetero) is 2. The smallest absolute Gasteiger partial charge is 0.302 e. The highest BCUT2D eigenvalue weighted by molar-refractivity contribution is 5.87. The number of carbonyl (C=O) groups is 3. The van der Waals surface area contributed by atoms with Crippen LogP contribution in [0.2, 0.25) is 0 Å². The fourth-order valence-electron chi connectivity index (χ4n) is 7.65. The van der Waals surface area contributed by atoms with Crippen molar-refractivity contribution in [1.82, 2.24) is 0 Å². The molecule has 0 aromatic carbocycles. The van der Waals surface area contributed by atoms with Crippen LogP contribution < -0.4 is 0 Å². The van der Waals surface area contributed by atoms with Gasteiger partial charge in [0.2, 0.25) is 0 Å². The van der Waals surface area contributed by atoms with Crippen molar-refractivity contribution in [2.45, 2.75) is 98.5 Å². The van der Waals surface area contributed by atoms with Crippen LogP contribution in [0.25, 0.3) is 0 Å². The van der Waals surface area contributed by atoms with Gasteiger partial charge in [0.25, 0.3) is 0 Å².